The maximum absolute atomic E-state index is 11.9. The normalized spacial score (nSPS) is 18.2. The van der Waals surface area contributed by atoms with Crippen LogP contribution in [-0.2, 0) is 4.79 Å². The van der Waals surface area contributed by atoms with Crippen molar-refractivity contribution in [3.8, 4) is 0 Å². The minimum Gasteiger partial charge on any atom is -0.273 e. The van der Waals surface area contributed by atoms with Crippen molar-refractivity contribution in [2.75, 3.05) is 17.2 Å². The van der Waals surface area contributed by atoms with E-state index in [0.717, 1.165) is 16.4 Å². The van der Waals surface area contributed by atoms with E-state index in [-0.39, 0.29) is 5.91 Å². The number of carbonyl (C=O) groups excluding carboxylic acids is 1. The maximum atomic E-state index is 11.9. The number of amides is 1. The summed E-state index contributed by atoms with van der Waals surface area (Å²) in [6, 6.07) is 6.03. The van der Waals surface area contributed by atoms with Crippen LogP contribution in [0.25, 0.3) is 0 Å². The number of amidine groups is 1. The molecule has 90 valence electrons. The van der Waals surface area contributed by atoms with E-state index in [9.17, 15) is 4.79 Å². The highest BCUT2D eigenvalue weighted by Gasteiger charge is 2.30. The molecule has 2 rings (SSSR count). The van der Waals surface area contributed by atoms with Crippen molar-refractivity contribution in [2.45, 2.75) is 20.8 Å². The first-order valence-electron chi connectivity index (χ1n) is 5.71. The summed E-state index contributed by atoms with van der Waals surface area (Å²) >= 11 is 1.52. The fourth-order valence-electron chi connectivity index (χ4n) is 1.83. The molecule has 1 heterocycles. The minimum absolute atomic E-state index is 0.121. The summed E-state index contributed by atoms with van der Waals surface area (Å²) in [6.45, 7) is 6.79. The molecule has 1 aromatic carbocycles. The standard InChI is InChI=1S/C13H16N2OS/c1-4-14-13-15(12(16)8-17-13)11-7-5-6-9(2)10(11)3/h5-7H,4,8H2,1-3H3. The third-order valence-corrected chi connectivity index (χ3v) is 3.84. The molecule has 0 N–H and O–H groups in total. The molecule has 0 aromatic heterocycles. The van der Waals surface area contributed by atoms with Gasteiger partial charge in [-0.1, -0.05) is 23.9 Å². The molecule has 1 saturated heterocycles. The molecule has 0 spiro atoms. The van der Waals surface area contributed by atoms with Crippen LogP contribution in [0.4, 0.5) is 5.69 Å². The van der Waals surface area contributed by atoms with Crippen LogP contribution in [0, 0.1) is 13.8 Å². The van der Waals surface area contributed by atoms with Crippen LogP contribution in [0.5, 0.6) is 0 Å². The predicted molar refractivity (Wildman–Crippen MR) is 73.8 cm³/mol. The molecule has 3 nitrogen and oxygen atoms in total. The third-order valence-electron chi connectivity index (χ3n) is 2.88. The first-order chi connectivity index (χ1) is 8.15. The molecule has 1 aliphatic heterocycles. The zero-order valence-corrected chi connectivity index (χ0v) is 11.2. The number of thioether (sulfide) groups is 1. The van der Waals surface area contributed by atoms with Crippen LogP contribution in [0.1, 0.15) is 18.1 Å². The molecule has 1 aliphatic rings. The number of benzene rings is 1. The lowest BCUT2D eigenvalue weighted by atomic mass is 10.1. The number of nitrogens with zero attached hydrogens (tertiary/aromatic N) is 2. The summed E-state index contributed by atoms with van der Waals surface area (Å²) < 4.78 is 0. The Morgan fingerprint density at radius 3 is 2.88 bits per heavy atom. The topological polar surface area (TPSA) is 32.7 Å². The van der Waals surface area contributed by atoms with Crippen molar-refractivity contribution in [3.63, 3.8) is 0 Å². The van der Waals surface area contributed by atoms with Crippen LogP contribution in [0.15, 0.2) is 23.2 Å². The SMILES string of the molecule is CCN=C1SCC(=O)N1c1cccc(C)c1C. The summed E-state index contributed by atoms with van der Waals surface area (Å²) in [6.07, 6.45) is 0. The van der Waals surface area contributed by atoms with E-state index in [0.29, 0.717) is 12.3 Å². The average Bonchev–Trinajstić information content (AvgIpc) is 2.65. The molecule has 0 saturated carbocycles. The van der Waals surface area contributed by atoms with Gasteiger partial charge in [-0.25, -0.2) is 0 Å². The van der Waals surface area contributed by atoms with Gasteiger partial charge in [0.2, 0.25) is 5.91 Å². The zero-order valence-electron chi connectivity index (χ0n) is 10.4. The van der Waals surface area contributed by atoms with Gasteiger partial charge in [-0.15, -0.1) is 0 Å². The molecule has 1 amide bonds. The lowest BCUT2D eigenvalue weighted by Gasteiger charge is -2.19. The second-order valence-electron chi connectivity index (χ2n) is 3.99. The quantitative estimate of drug-likeness (QED) is 0.806. The fraction of sp³-hybridized carbons (Fsp3) is 0.385. The maximum Gasteiger partial charge on any atom is 0.243 e. The Bertz CT molecular complexity index is 482. The fourth-order valence-corrected chi connectivity index (χ4v) is 2.76. The smallest absolute Gasteiger partial charge is 0.243 e. The largest absolute Gasteiger partial charge is 0.273 e. The van der Waals surface area contributed by atoms with Crippen LogP contribution in [0.2, 0.25) is 0 Å². The molecule has 1 aromatic rings. The molecule has 17 heavy (non-hydrogen) atoms. The summed E-state index contributed by atoms with van der Waals surface area (Å²) in [7, 11) is 0. The van der Waals surface area contributed by atoms with Crippen LogP contribution in [0.3, 0.4) is 0 Å². The van der Waals surface area contributed by atoms with Crippen molar-refractivity contribution in [1.82, 2.24) is 0 Å². The number of aliphatic imine (C=N–C) groups is 1. The third kappa shape index (κ3) is 2.22. The Labute approximate surface area is 106 Å². The van der Waals surface area contributed by atoms with Crippen LogP contribution >= 0.6 is 11.8 Å². The van der Waals surface area contributed by atoms with E-state index in [1.165, 1.54) is 17.3 Å². The Morgan fingerprint density at radius 1 is 1.41 bits per heavy atom. The predicted octanol–water partition coefficient (Wildman–Crippen LogP) is 2.76. The van der Waals surface area contributed by atoms with Crippen molar-refractivity contribution >= 4 is 28.5 Å². The Balaban J connectivity index is 2.47. The number of carbonyl (C=O) groups is 1. The van der Waals surface area contributed by atoms with Gasteiger partial charge in [0.1, 0.15) is 0 Å². The summed E-state index contributed by atoms with van der Waals surface area (Å²) in [5, 5.41) is 0.825. The highest BCUT2D eigenvalue weighted by Crippen LogP contribution is 2.30. The zero-order chi connectivity index (χ0) is 12.4. The van der Waals surface area contributed by atoms with Crippen molar-refractivity contribution < 1.29 is 4.79 Å². The van der Waals surface area contributed by atoms with E-state index in [4.69, 9.17) is 0 Å². The van der Waals surface area contributed by atoms with Gasteiger partial charge in [0, 0.05) is 6.54 Å². The summed E-state index contributed by atoms with van der Waals surface area (Å²) in [4.78, 5) is 18.1. The minimum atomic E-state index is 0.121. The van der Waals surface area contributed by atoms with Crippen molar-refractivity contribution in [2.24, 2.45) is 4.99 Å². The van der Waals surface area contributed by atoms with E-state index in [1.807, 2.05) is 26.0 Å². The number of hydrogen-bond donors (Lipinski definition) is 0. The Hall–Kier alpha value is -1.29. The van der Waals surface area contributed by atoms with Gasteiger partial charge in [-0.05, 0) is 38.0 Å². The van der Waals surface area contributed by atoms with E-state index in [2.05, 4.69) is 18.0 Å². The number of rotatable bonds is 2. The molecule has 0 radical (unpaired) electrons. The lowest BCUT2D eigenvalue weighted by molar-refractivity contribution is -0.115. The summed E-state index contributed by atoms with van der Waals surface area (Å²) in [5.74, 6) is 0.613. The molecule has 1 fully saturated rings. The molecule has 4 heteroatoms. The van der Waals surface area contributed by atoms with Gasteiger partial charge in [0.15, 0.2) is 5.17 Å². The molecule has 0 atom stereocenters. The molecule has 0 unspecified atom stereocenters. The van der Waals surface area contributed by atoms with Gasteiger partial charge in [0.05, 0.1) is 11.4 Å². The van der Waals surface area contributed by atoms with Crippen molar-refractivity contribution in [3.05, 3.63) is 29.3 Å². The molecular formula is C13H16N2OS. The molecule has 0 aliphatic carbocycles. The highest BCUT2D eigenvalue weighted by molar-refractivity contribution is 8.15. The summed E-state index contributed by atoms with van der Waals surface area (Å²) in [5.41, 5.74) is 3.31. The van der Waals surface area contributed by atoms with Crippen LogP contribution in [-0.4, -0.2) is 23.4 Å². The lowest BCUT2D eigenvalue weighted by Crippen LogP contribution is -2.30. The average molecular weight is 248 g/mol. The van der Waals surface area contributed by atoms with E-state index < -0.39 is 0 Å². The van der Waals surface area contributed by atoms with E-state index in [1.54, 1.807) is 4.90 Å². The second-order valence-corrected chi connectivity index (χ2v) is 4.94. The second kappa shape index (κ2) is 4.92. The first-order valence-corrected chi connectivity index (χ1v) is 6.70. The van der Waals surface area contributed by atoms with Gasteiger partial charge < -0.3 is 0 Å². The number of anilines is 1. The van der Waals surface area contributed by atoms with Crippen LogP contribution < -0.4 is 4.90 Å². The Kier molecular flexibility index (Phi) is 3.52. The Morgan fingerprint density at radius 2 is 2.18 bits per heavy atom. The van der Waals surface area contributed by atoms with E-state index >= 15 is 0 Å². The number of hydrogen-bond acceptors (Lipinski definition) is 3. The highest BCUT2D eigenvalue weighted by atomic mass is 32.2. The first kappa shape index (κ1) is 12.2. The van der Waals surface area contributed by atoms with Gasteiger partial charge in [-0.3, -0.25) is 14.7 Å². The monoisotopic (exact) mass is 248 g/mol. The van der Waals surface area contributed by atoms with Crippen molar-refractivity contribution in [1.29, 1.82) is 0 Å². The van der Waals surface area contributed by atoms with Gasteiger partial charge in [0.25, 0.3) is 0 Å². The molecular weight excluding hydrogens is 232 g/mol. The number of aryl methyl sites for hydroxylation is 1. The van der Waals surface area contributed by atoms with Gasteiger partial charge >= 0.3 is 0 Å². The van der Waals surface area contributed by atoms with Gasteiger partial charge in [-0.2, -0.15) is 0 Å². The molecule has 0 bridgehead atoms.